The second-order valence-corrected chi connectivity index (χ2v) is 8.98. The van der Waals surface area contributed by atoms with E-state index in [-0.39, 0.29) is 47.2 Å². The van der Waals surface area contributed by atoms with Crippen LogP contribution in [0.2, 0.25) is 0 Å². The Hall–Kier alpha value is -1.38. The monoisotopic (exact) mass is 530 g/mol. The highest BCUT2D eigenvalue weighted by Crippen LogP contribution is 2.28. The van der Waals surface area contributed by atoms with E-state index in [1.54, 1.807) is 12.1 Å². The smallest absolute Gasteiger partial charge is 0.225 e. The van der Waals surface area contributed by atoms with E-state index in [9.17, 15) is 9.18 Å². The summed E-state index contributed by atoms with van der Waals surface area (Å²) in [5.41, 5.74) is 0.663. The number of hydrogen-bond donors (Lipinski definition) is 2. The van der Waals surface area contributed by atoms with Crippen molar-refractivity contribution in [3.8, 4) is 0 Å². The van der Waals surface area contributed by atoms with Crippen LogP contribution >= 0.6 is 24.0 Å². The molecule has 1 atom stereocenters. The van der Waals surface area contributed by atoms with E-state index in [1.165, 1.54) is 18.9 Å². The predicted molar refractivity (Wildman–Crippen MR) is 131 cm³/mol. The molecule has 1 saturated carbocycles. The SMILES string of the molecule is CCNC(=NCC(C)(C)c1cccc(F)c1)NC1CCN(C(=O)C2CCCC2)C1.I. The number of halogens is 2. The number of rotatable bonds is 6. The Balaban J connectivity index is 0.00000320. The van der Waals surface area contributed by atoms with E-state index in [2.05, 4.69) is 24.5 Å². The summed E-state index contributed by atoms with van der Waals surface area (Å²) < 4.78 is 13.6. The molecule has 1 unspecified atom stereocenters. The van der Waals surface area contributed by atoms with Crippen LogP contribution in [0.4, 0.5) is 4.39 Å². The van der Waals surface area contributed by atoms with Crippen LogP contribution in [0.1, 0.15) is 58.4 Å². The van der Waals surface area contributed by atoms with Crippen molar-refractivity contribution in [3.05, 3.63) is 35.6 Å². The van der Waals surface area contributed by atoms with Gasteiger partial charge in [0.05, 0.1) is 6.54 Å². The minimum atomic E-state index is -0.273. The van der Waals surface area contributed by atoms with Gasteiger partial charge in [0.2, 0.25) is 5.91 Å². The molecule has 2 N–H and O–H groups in total. The van der Waals surface area contributed by atoms with Gasteiger partial charge in [-0.2, -0.15) is 0 Å². The molecule has 1 heterocycles. The van der Waals surface area contributed by atoms with Gasteiger partial charge in [0.15, 0.2) is 5.96 Å². The number of nitrogens with one attached hydrogen (secondary N) is 2. The van der Waals surface area contributed by atoms with Crippen LogP contribution in [0.25, 0.3) is 0 Å². The number of benzene rings is 1. The molecule has 3 rings (SSSR count). The first kappa shape index (κ1) is 24.9. The van der Waals surface area contributed by atoms with E-state index in [0.29, 0.717) is 12.5 Å². The van der Waals surface area contributed by atoms with E-state index in [0.717, 1.165) is 50.4 Å². The molecule has 1 aliphatic heterocycles. The molecule has 0 radical (unpaired) electrons. The Morgan fingerprint density at radius 2 is 2.00 bits per heavy atom. The molecule has 1 aliphatic carbocycles. The van der Waals surface area contributed by atoms with Gasteiger partial charge < -0.3 is 15.5 Å². The lowest BCUT2D eigenvalue weighted by Crippen LogP contribution is -2.46. The topological polar surface area (TPSA) is 56.7 Å². The highest BCUT2D eigenvalue weighted by Gasteiger charge is 2.32. The molecule has 2 aliphatic rings. The fourth-order valence-electron chi connectivity index (χ4n) is 4.30. The van der Waals surface area contributed by atoms with Crippen molar-refractivity contribution >= 4 is 35.8 Å². The zero-order chi connectivity index (χ0) is 20.9. The van der Waals surface area contributed by atoms with Gasteiger partial charge in [-0.25, -0.2) is 4.39 Å². The Morgan fingerprint density at radius 1 is 1.27 bits per heavy atom. The third-order valence-corrected chi connectivity index (χ3v) is 6.13. The average molecular weight is 530 g/mol. The van der Waals surface area contributed by atoms with Crippen molar-refractivity contribution in [2.75, 3.05) is 26.2 Å². The van der Waals surface area contributed by atoms with Gasteiger partial charge in [-0.05, 0) is 43.9 Å². The third-order valence-electron chi connectivity index (χ3n) is 6.13. The fourth-order valence-corrected chi connectivity index (χ4v) is 4.30. The molecule has 5 nitrogen and oxygen atoms in total. The van der Waals surface area contributed by atoms with E-state index < -0.39 is 0 Å². The number of aliphatic imine (C=N–C) groups is 1. The van der Waals surface area contributed by atoms with Gasteiger partial charge in [0.25, 0.3) is 0 Å². The molecule has 0 aromatic heterocycles. The summed E-state index contributed by atoms with van der Waals surface area (Å²) in [7, 11) is 0. The summed E-state index contributed by atoms with van der Waals surface area (Å²) in [6.07, 6.45) is 5.41. The minimum Gasteiger partial charge on any atom is -0.357 e. The van der Waals surface area contributed by atoms with E-state index in [1.807, 2.05) is 17.9 Å². The van der Waals surface area contributed by atoms with Crippen molar-refractivity contribution in [2.24, 2.45) is 10.9 Å². The van der Waals surface area contributed by atoms with E-state index in [4.69, 9.17) is 4.99 Å². The maximum atomic E-state index is 13.6. The molecule has 7 heteroatoms. The summed E-state index contributed by atoms with van der Waals surface area (Å²) in [6, 6.07) is 6.96. The molecule has 1 amide bonds. The summed E-state index contributed by atoms with van der Waals surface area (Å²) in [5, 5.41) is 6.80. The maximum absolute atomic E-state index is 13.6. The normalized spacial score (nSPS) is 20.2. The number of nitrogens with zero attached hydrogens (tertiary/aromatic N) is 2. The Morgan fingerprint density at radius 3 is 2.67 bits per heavy atom. The second-order valence-electron chi connectivity index (χ2n) is 8.98. The van der Waals surface area contributed by atoms with Crippen LogP contribution in [-0.2, 0) is 10.2 Å². The third kappa shape index (κ3) is 6.56. The van der Waals surface area contributed by atoms with Crippen LogP contribution in [0, 0.1) is 11.7 Å². The first-order chi connectivity index (χ1) is 13.9. The number of hydrogen-bond acceptors (Lipinski definition) is 2. The molecule has 0 bridgehead atoms. The van der Waals surface area contributed by atoms with Gasteiger partial charge in [-0.15, -0.1) is 24.0 Å². The summed E-state index contributed by atoms with van der Waals surface area (Å²) in [5.74, 6) is 1.11. The van der Waals surface area contributed by atoms with Gasteiger partial charge in [0.1, 0.15) is 5.82 Å². The Kier molecular flexibility index (Phi) is 9.37. The fraction of sp³-hybridized carbons (Fsp3) is 0.652. The molecule has 2 fully saturated rings. The van der Waals surface area contributed by atoms with Crippen molar-refractivity contribution < 1.29 is 9.18 Å². The van der Waals surface area contributed by atoms with Crippen molar-refractivity contribution in [1.82, 2.24) is 15.5 Å². The molecular weight excluding hydrogens is 494 g/mol. The lowest BCUT2D eigenvalue weighted by molar-refractivity contribution is -0.134. The summed E-state index contributed by atoms with van der Waals surface area (Å²) in [4.78, 5) is 19.5. The van der Waals surface area contributed by atoms with Gasteiger partial charge in [-0.3, -0.25) is 9.79 Å². The summed E-state index contributed by atoms with van der Waals surface area (Å²) >= 11 is 0. The van der Waals surface area contributed by atoms with Crippen LogP contribution in [0.15, 0.2) is 29.3 Å². The van der Waals surface area contributed by atoms with E-state index >= 15 is 0 Å². The van der Waals surface area contributed by atoms with Crippen LogP contribution in [0.3, 0.4) is 0 Å². The van der Waals surface area contributed by atoms with Crippen LogP contribution in [-0.4, -0.2) is 49.0 Å². The van der Waals surface area contributed by atoms with Gasteiger partial charge in [0, 0.05) is 37.0 Å². The van der Waals surface area contributed by atoms with Gasteiger partial charge >= 0.3 is 0 Å². The maximum Gasteiger partial charge on any atom is 0.225 e. The molecule has 1 saturated heterocycles. The molecule has 168 valence electrons. The van der Waals surface area contributed by atoms with Crippen LogP contribution in [0.5, 0.6) is 0 Å². The number of guanidine groups is 1. The second kappa shape index (κ2) is 11.3. The first-order valence-electron chi connectivity index (χ1n) is 11.0. The number of carbonyl (C=O) groups excluding carboxylic acids is 1. The van der Waals surface area contributed by atoms with Crippen molar-refractivity contribution in [1.29, 1.82) is 0 Å². The molecular formula is C23H36FIN4O. The predicted octanol–water partition coefficient (Wildman–Crippen LogP) is 4.07. The molecule has 30 heavy (non-hydrogen) atoms. The minimum absolute atomic E-state index is 0. The number of carbonyl (C=O) groups is 1. The molecule has 0 spiro atoms. The molecule has 1 aromatic rings. The number of amides is 1. The number of likely N-dealkylation sites (tertiary alicyclic amines) is 1. The lowest BCUT2D eigenvalue weighted by Gasteiger charge is -2.25. The zero-order valence-electron chi connectivity index (χ0n) is 18.4. The zero-order valence-corrected chi connectivity index (χ0v) is 20.7. The largest absolute Gasteiger partial charge is 0.357 e. The summed E-state index contributed by atoms with van der Waals surface area (Å²) in [6.45, 7) is 9.07. The highest BCUT2D eigenvalue weighted by molar-refractivity contribution is 14.0. The highest BCUT2D eigenvalue weighted by atomic mass is 127. The first-order valence-corrected chi connectivity index (χ1v) is 11.0. The Bertz CT molecular complexity index is 734. The molecule has 1 aromatic carbocycles. The van der Waals surface area contributed by atoms with Gasteiger partial charge in [-0.1, -0.05) is 38.8 Å². The van der Waals surface area contributed by atoms with Crippen molar-refractivity contribution in [3.63, 3.8) is 0 Å². The standard InChI is InChI=1S/C23H35FN4O.HI/c1-4-25-22(26-16-23(2,3)18-10-7-11-19(24)14-18)27-20-12-13-28(15-20)21(29)17-8-5-6-9-17;/h7,10-11,14,17,20H,4-6,8-9,12-13,15-16H2,1-3H3,(H2,25,26,27);1H. The van der Waals surface area contributed by atoms with Crippen LogP contribution < -0.4 is 10.6 Å². The Labute approximate surface area is 197 Å². The quantitative estimate of drug-likeness (QED) is 0.332. The lowest BCUT2D eigenvalue weighted by atomic mass is 9.85. The van der Waals surface area contributed by atoms with Crippen molar-refractivity contribution in [2.45, 2.75) is 64.3 Å². The average Bonchev–Trinajstić information content (AvgIpc) is 3.38.